The van der Waals surface area contributed by atoms with Gasteiger partial charge in [0.25, 0.3) is 0 Å². The summed E-state index contributed by atoms with van der Waals surface area (Å²) in [6, 6.07) is 1.40. The summed E-state index contributed by atoms with van der Waals surface area (Å²) in [6.45, 7) is 4.31. The molecule has 0 N–H and O–H groups in total. The predicted octanol–water partition coefficient (Wildman–Crippen LogP) is 3.62. The summed E-state index contributed by atoms with van der Waals surface area (Å²) < 4.78 is 33.1. The molecule has 0 spiro atoms. The molecule has 114 valence electrons. The lowest BCUT2D eigenvalue weighted by atomic mass is 10.1. The molecule has 1 aliphatic rings. The molecule has 0 aromatic carbocycles. The monoisotopic (exact) mass is 421 g/mol. The molecular weight excluding hydrogens is 409 g/mol. The summed E-state index contributed by atoms with van der Waals surface area (Å²) in [5, 5.41) is 0.570. The van der Waals surface area contributed by atoms with Crippen LogP contribution in [-0.4, -0.2) is 42.8 Å². The Morgan fingerprint density at radius 2 is 2.20 bits per heavy atom. The molecule has 0 amide bonds. The van der Waals surface area contributed by atoms with E-state index in [1.165, 1.54) is 10.4 Å². The number of nitrogens with zero attached hydrogens (tertiary/aromatic N) is 1. The minimum Gasteiger partial charge on any atom is -0.369 e. The lowest BCUT2D eigenvalue weighted by Gasteiger charge is -2.41. The van der Waals surface area contributed by atoms with Crippen molar-refractivity contribution in [3.05, 3.63) is 14.7 Å². The fraction of sp³-hybridized carbons (Fsp3) is 0.636. The molecule has 1 aliphatic heterocycles. The average molecular weight is 423 g/mol. The summed E-state index contributed by atoms with van der Waals surface area (Å²) in [5.74, 6) is 0. The van der Waals surface area contributed by atoms with Gasteiger partial charge in [0, 0.05) is 18.4 Å². The number of sulfonamides is 1. The van der Waals surface area contributed by atoms with Crippen molar-refractivity contribution in [1.82, 2.24) is 4.31 Å². The molecule has 0 bridgehead atoms. The third-order valence-electron chi connectivity index (χ3n) is 2.87. The van der Waals surface area contributed by atoms with Crippen molar-refractivity contribution in [2.24, 2.45) is 0 Å². The first-order valence-corrected chi connectivity index (χ1v) is 9.98. The highest BCUT2D eigenvalue weighted by molar-refractivity contribution is 9.09. The van der Waals surface area contributed by atoms with E-state index < -0.39 is 15.6 Å². The van der Waals surface area contributed by atoms with E-state index in [-0.39, 0.29) is 21.9 Å². The van der Waals surface area contributed by atoms with Crippen molar-refractivity contribution in [1.29, 1.82) is 0 Å². The Hall–Kier alpha value is 0.630. The van der Waals surface area contributed by atoms with E-state index in [9.17, 15) is 8.42 Å². The molecule has 20 heavy (non-hydrogen) atoms. The maximum Gasteiger partial charge on any atom is 0.245 e. The zero-order chi connectivity index (χ0) is 15.1. The van der Waals surface area contributed by atoms with Crippen LogP contribution in [0.2, 0.25) is 8.67 Å². The quantitative estimate of drug-likeness (QED) is 0.698. The zero-order valence-corrected chi connectivity index (χ0v) is 15.6. The molecule has 2 heterocycles. The summed E-state index contributed by atoms with van der Waals surface area (Å²) in [6.07, 6.45) is -0.193. The van der Waals surface area contributed by atoms with Gasteiger partial charge in [-0.1, -0.05) is 39.1 Å². The van der Waals surface area contributed by atoms with Crippen LogP contribution in [0.15, 0.2) is 11.0 Å². The van der Waals surface area contributed by atoms with Gasteiger partial charge in [0.05, 0.1) is 16.0 Å². The van der Waals surface area contributed by atoms with Crippen molar-refractivity contribution in [2.45, 2.75) is 30.4 Å². The van der Waals surface area contributed by atoms with Gasteiger partial charge in [0.1, 0.15) is 9.23 Å². The highest BCUT2D eigenvalue weighted by Crippen LogP contribution is 2.37. The second-order valence-corrected chi connectivity index (χ2v) is 9.98. The minimum atomic E-state index is -3.66. The molecule has 1 aromatic rings. The van der Waals surface area contributed by atoms with Crippen LogP contribution in [0.4, 0.5) is 0 Å². The van der Waals surface area contributed by atoms with Crippen molar-refractivity contribution < 1.29 is 13.2 Å². The SMILES string of the molecule is CC1(C)CN(S(=O)(=O)c2cc(Cl)sc2Cl)CC(CBr)O1. The third kappa shape index (κ3) is 3.51. The largest absolute Gasteiger partial charge is 0.369 e. The smallest absolute Gasteiger partial charge is 0.245 e. The minimum absolute atomic E-state index is 0.0696. The summed E-state index contributed by atoms with van der Waals surface area (Å²) in [5.41, 5.74) is -0.546. The van der Waals surface area contributed by atoms with E-state index in [2.05, 4.69) is 15.9 Å². The second kappa shape index (κ2) is 6.02. The number of thiophene rings is 1. The predicted molar refractivity (Wildman–Crippen MR) is 85.8 cm³/mol. The van der Waals surface area contributed by atoms with Crippen LogP contribution in [0.3, 0.4) is 0 Å². The first-order chi connectivity index (χ1) is 9.15. The van der Waals surface area contributed by atoms with Gasteiger partial charge >= 0.3 is 0 Å². The molecule has 0 radical (unpaired) electrons. The van der Waals surface area contributed by atoms with Crippen LogP contribution in [-0.2, 0) is 14.8 Å². The summed E-state index contributed by atoms with van der Waals surface area (Å²) in [4.78, 5) is 0.0696. The van der Waals surface area contributed by atoms with E-state index in [1.807, 2.05) is 13.8 Å². The van der Waals surface area contributed by atoms with Crippen molar-refractivity contribution >= 4 is 60.5 Å². The van der Waals surface area contributed by atoms with Gasteiger partial charge < -0.3 is 4.74 Å². The molecule has 2 rings (SSSR count). The van der Waals surface area contributed by atoms with Gasteiger partial charge in [-0.2, -0.15) is 4.31 Å². The molecule has 9 heteroatoms. The Morgan fingerprint density at radius 1 is 1.55 bits per heavy atom. The Kier molecular flexibility index (Phi) is 5.12. The summed E-state index contributed by atoms with van der Waals surface area (Å²) >= 11 is 16.2. The Morgan fingerprint density at radius 3 is 2.70 bits per heavy atom. The van der Waals surface area contributed by atoms with E-state index in [0.29, 0.717) is 16.2 Å². The maximum atomic E-state index is 12.7. The zero-order valence-electron chi connectivity index (χ0n) is 10.9. The van der Waals surface area contributed by atoms with Gasteiger partial charge in [-0.15, -0.1) is 11.3 Å². The van der Waals surface area contributed by atoms with Crippen molar-refractivity contribution in [3.8, 4) is 0 Å². The van der Waals surface area contributed by atoms with Crippen LogP contribution in [0.5, 0.6) is 0 Å². The first kappa shape index (κ1) is 17.0. The third-order valence-corrected chi connectivity index (χ3v) is 7.15. The topological polar surface area (TPSA) is 46.6 Å². The fourth-order valence-corrected chi connectivity index (χ4v) is 6.22. The van der Waals surface area contributed by atoms with Gasteiger partial charge in [-0.3, -0.25) is 0 Å². The van der Waals surface area contributed by atoms with E-state index in [4.69, 9.17) is 27.9 Å². The van der Waals surface area contributed by atoms with Gasteiger partial charge in [0.15, 0.2) is 0 Å². The number of hydrogen-bond acceptors (Lipinski definition) is 4. The molecule has 4 nitrogen and oxygen atoms in total. The summed E-state index contributed by atoms with van der Waals surface area (Å²) in [7, 11) is -3.66. The van der Waals surface area contributed by atoms with Gasteiger partial charge in [-0.05, 0) is 19.9 Å². The number of morpholine rings is 1. The molecule has 0 saturated carbocycles. The molecule has 0 aliphatic carbocycles. The van der Waals surface area contributed by atoms with Crippen LogP contribution in [0, 0.1) is 0 Å². The molecule has 1 unspecified atom stereocenters. The molecular formula is C11H14BrCl2NO3S2. The van der Waals surface area contributed by atoms with Crippen molar-refractivity contribution in [2.75, 3.05) is 18.4 Å². The van der Waals surface area contributed by atoms with Crippen LogP contribution in [0.25, 0.3) is 0 Å². The number of alkyl halides is 1. The normalized spacial score (nSPS) is 23.9. The first-order valence-electron chi connectivity index (χ1n) is 5.84. The number of halogens is 3. The molecule has 1 aromatic heterocycles. The second-order valence-electron chi connectivity index (χ2n) is 5.14. The van der Waals surface area contributed by atoms with Gasteiger partial charge in [0.2, 0.25) is 10.0 Å². The van der Waals surface area contributed by atoms with E-state index >= 15 is 0 Å². The fourth-order valence-electron chi connectivity index (χ4n) is 2.15. The Balaban J connectivity index is 2.36. The Labute approximate surface area is 141 Å². The van der Waals surface area contributed by atoms with E-state index in [1.54, 1.807) is 0 Å². The van der Waals surface area contributed by atoms with Crippen LogP contribution in [0.1, 0.15) is 13.8 Å². The lowest BCUT2D eigenvalue weighted by molar-refractivity contribution is -0.106. The van der Waals surface area contributed by atoms with Gasteiger partial charge in [-0.25, -0.2) is 8.42 Å². The lowest BCUT2D eigenvalue weighted by Crippen LogP contribution is -2.54. The molecule has 1 atom stereocenters. The Bertz CT molecular complexity index is 603. The van der Waals surface area contributed by atoms with Crippen molar-refractivity contribution in [3.63, 3.8) is 0 Å². The average Bonchev–Trinajstić information content (AvgIpc) is 2.67. The molecule has 1 fully saturated rings. The number of rotatable bonds is 3. The molecule has 1 saturated heterocycles. The highest BCUT2D eigenvalue weighted by atomic mass is 79.9. The van der Waals surface area contributed by atoms with E-state index in [0.717, 1.165) is 11.3 Å². The maximum absolute atomic E-state index is 12.7. The van der Waals surface area contributed by atoms with Crippen LogP contribution >= 0.6 is 50.5 Å². The number of ether oxygens (including phenoxy) is 1. The highest BCUT2D eigenvalue weighted by Gasteiger charge is 2.40. The standard InChI is InChI=1S/C11H14BrCl2NO3S2/c1-11(2)6-15(5-7(4-12)18-11)20(16,17)8-3-9(13)19-10(8)14/h3,7H,4-6H2,1-2H3. The number of hydrogen-bond donors (Lipinski definition) is 0. The van der Waals surface area contributed by atoms with Crippen LogP contribution < -0.4 is 0 Å².